The number of amides is 1. The van der Waals surface area contributed by atoms with Crippen LogP contribution in [0.25, 0.3) is 0 Å². The third-order valence-electron chi connectivity index (χ3n) is 5.39. The van der Waals surface area contributed by atoms with Gasteiger partial charge in [0.1, 0.15) is 5.75 Å². The van der Waals surface area contributed by atoms with E-state index in [1.54, 1.807) is 48.5 Å². The van der Waals surface area contributed by atoms with Crippen molar-refractivity contribution in [3.8, 4) is 5.75 Å². The molecule has 0 aromatic heterocycles. The van der Waals surface area contributed by atoms with Crippen LogP contribution in [-0.2, 0) is 14.6 Å². The van der Waals surface area contributed by atoms with E-state index in [2.05, 4.69) is 0 Å². The zero-order valence-corrected chi connectivity index (χ0v) is 18.2. The first-order chi connectivity index (χ1) is 15.4. The molecule has 32 heavy (non-hydrogen) atoms. The van der Waals surface area contributed by atoms with Crippen molar-refractivity contribution in [3.63, 3.8) is 0 Å². The average molecular weight is 450 g/mol. The lowest BCUT2D eigenvalue weighted by Gasteiger charge is -2.28. The van der Waals surface area contributed by atoms with Crippen LogP contribution in [0.4, 0.5) is 5.69 Å². The Kier molecular flexibility index (Phi) is 6.37. The third kappa shape index (κ3) is 5.06. The molecule has 1 amide bonds. The monoisotopic (exact) mass is 449 g/mol. The first-order valence-electron chi connectivity index (χ1n) is 10.3. The lowest BCUT2D eigenvalue weighted by Crippen LogP contribution is -2.43. The van der Waals surface area contributed by atoms with Gasteiger partial charge in [0.05, 0.1) is 17.5 Å². The fraction of sp³-hybridized carbons (Fsp3) is 0.200. The van der Waals surface area contributed by atoms with Crippen LogP contribution < -0.4 is 9.64 Å². The standard InChI is InChI=1S/C25H23NO5S/c27-24(26(21-9-5-2-6-10-21)22-15-16-32(29,30)18-22)17-31-23-13-11-20(12-14-23)25(28)19-7-3-1-4-8-19/h1-14,22H,15-18H2/t22-/m1/s1. The molecule has 1 atom stereocenters. The van der Waals surface area contributed by atoms with Crippen LogP contribution in [0.5, 0.6) is 5.75 Å². The molecule has 1 fully saturated rings. The molecule has 6 nitrogen and oxygen atoms in total. The molecule has 0 unspecified atom stereocenters. The normalized spacial score (nSPS) is 16.9. The number of sulfone groups is 1. The van der Waals surface area contributed by atoms with Gasteiger partial charge in [0.15, 0.2) is 22.2 Å². The predicted molar refractivity (Wildman–Crippen MR) is 123 cm³/mol. The summed E-state index contributed by atoms with van der Waals surface area (Å²) in [5, 5.41) is 0. The average Bonchev–Trinajstić information content (AvgIpc) is 3.18. The minimum atomic E-state index is -3.15. The zero-order valence-electron chi connectivity index (χ0n) is 17.4. The summed E-state index contributed by atoms with van der Waals surface area (Å²) in [6, 6.07) is 24.2. The maximum absolute atomic E-state index is 13.0. The van der Waals surface area contributed by atoms with Crippen molar-refractivity contribution in [2.24, 2.45) is 0 Å². The molecule has 0 N–H and O–H groups in total. The summed E-state index contributed by atoms with van der Waals surface area (Å²) in [5.74, 6) is 0.0689. The molecule has 4 rings (SSSR count). The van der Waals surface area contributed by atoms with Crippen LogP contribution in [0.3, 0.4) is 0 Å². The summed E-state index contributed by atoms with van der Waals surface area (Å²) in [5.41, 5.74) is 1.77. The van der Waals surface area contributed by atoms with Gasteiger partial charge in [-0.2, -0.15) is 0 Å². The number of hydrogen-bond donors (Lipinski definition) is 0. The summed E-state index contributed by atoms with van der Waals surface area (Å²) in [4.78, 5) is 27.1. The number of para-hydroxylation sites is 1. The number of ether oxygens (including phenoxy) is 1. The Hall–Kier alpha value is -3.45. The van der Waals surface area contributed by atoms with Crippen molar-refractivity contribution in [2.75, 3.05) is 23.0 Å². The van der Waals surface area contributed by atoms with Crippen LogP contribution >= 0.6 is 0 Å². The number of ketones is 1. The van der Waals surface area contributed by atoms with E-state index < -0.39 is 15.9 Å². The largest absolute Gasteiger partial charge is 0.484 e. The smallest absolute Gasteiger partial charge is 0.265 e. The minimum absolute atomic E-state index is 0.0517. The first-order valence-corrected chi connectivity index (χ1v) is 12.2. The van der Waals surface area contributed by atoms with E-state index in [1.807, 2.05) is 36.4 Å². The van der Waals surface area contributed by atoms with E-state index in [1.165, 1.54) is 4.90 Å². The van der Waals surface area contributed by atoms with Gasteiger partial charge in [0.25, 0.3) is 5.91 Å². The quantitative estimate of drug-likeness (QED) is 0.516. The van der Waals surface area contributed by atoms with Gasteiger partial charge in [0.2, 0.25) is 0 Å². The van der Waals surface area contributed by atoms with Crippen molar-refractivity contribution in [1.29, 1.82) is 0 Å². The molecule has 0 saturated carbocycles. The van der Waals surface area contributed by atoms with Crippen molar-refractivity contribution < 1.29 is 22.7 Å². The molecule has 3 aromatic rings. The second-order valence-electron chi connectivity index (χ2n) is 7.66. The van der Waals surface area contributed by atoms with Crippen molar-refractivity contribution >= 4 is 27.2 Å². The fourth-order valence-corrected chi connectivity index (χ4v) is 5.50. The number of anilines is 1. The Balaban J connectivity index is 1.44. The number of rotatable bonds is 7. The summed E-state index contributed by atoms with van der Waals surface area (Å²) < 4.78 is 29.6. The highest BCUT2D eigenvalue weighted by Gasteiger charge is 2.35. The van der Waals surface area contributed by atoms with E-state index in [4.69, 9.17) is 4.74 Å². The summed E-state index contributed by atoms with van der Waals surface area (Å²) in [7, 11) is -3.15. The molecule has 1 aliphatic rings. The van der Waals surface area contributed by atoms with E-state index in [0.717, 1.165) is 0 Å². The molecule has 1 heterocycles. The summed E-state index contributed by atoms with van der Waals surface area (Å²) in [6.45, 7) is -0.239. The van der Waals surface area contributed by atoms with Crippen LogP contribution in [0.1, 0.15) is 22.3 Å². The highest BCUT2D eigenvalue weighted by atomic mass is 32.2. The van der Waals surface area contributed by atoms with E-state index in [-0.39, 0.29) is 29.8 Å². The molecule has 0 bridgehead atoms. The van der Waals surface area contributed by atoms with Gasteiger partial charge >= 0.3 is 0 Å². The molecule has 1 aliphatic heterocycles. The molecule has 1 saturated heterocycles. The van der Waals surface area contributed by atoms with Gasteiger partial charge in [-0.05, 0) is 42.8 Å². The van der Waals surface area contributed by atoms with Crippen LogP contribution in [0.2, 0.25) is 0 Å². The maximum Gasteiger partial charge on any atom is 0.265 e. The Labute approximate surface area is 187 Å². The Morgan fingerprint density at radius 2 is 1.44 bits per heavy atom. The van der Waals surface area contributed by atoms with Gasteiger partial charge in [-0.3, -0.25) is 9.59 Å². The third-order valence-corrected chi connectivity index (χ3v) is 7.14. The van der Waals surface area contributed by atoms with Crippen LogP contribution in [0.15, 0.2) is 84.9 Å². The second kappa shape index (κ2) is 9.36. The second-order valence-corrected chi connectivity index (χ2v) is 9.89. The van der Waals surface area contributed by atoms with Crippen molar-refractivity contribution in [1.82, 2.24) is 0 Å². The van der Waals surface area contributed by atoms with E-state index >= 15 is 0 Å². The molecule has 164 valence electrons. The lowest BCUT2D eigenvalue weighted by molar-refractivity contribution is -0.121. The Morgan fingerprint density at radius 3 is 2.03 bits per heavy atom. The number of carbonyl (C=O) groups is 2. The van der Waals surface area contributed by atoms with Gasteiger partial charge in [0, 0.05) is 16.8 Å². The minimum Gasteiger partial charge on any atom is -0.484 e. The lowest BCUT2D eigenvalue weighted by atomic mass is 10.0. The van der Waals surface area contributed by atoms with Crippen molar-refractivity contribution in [2.45, 2.75) is 12.5 Å². The van der Waals surface area contributed by atoms with Gasteiger partial charge < -0.3 is 9.64 Å². The number of carbonyl (C=O) groups excluding carboxylic acids is 2. The number of nitrogens with zero attached hydrogens (tertiary/aromatic N) is 1. The summed E-state index contributed by atoms with van der Waals surface area (Å²) >= 11 is 0. The van der Waals surface area contributed by atoms with Gasteiger partial charge in [-0.25, -0.2) is 8.42 Å². The number of hydrogen-bond acceptors (Lipinski definition) is 5. The molecule has 0 aliphatic carbocycles. The molecule has 7 heteroatoms. The predicted octanol–water partition coefficient (Wildman–Crippen LogP) is 3.52. The highest BCUT2D eigenvalue weighted by Crippen LogP contribution is 2.25. The maximum atomic E-state index is 13.0. The molecule has 0 spiro atoms. The van der Waals surface area contributed by atoms with Gasteiger partial charge in [-0.1, -0.05) is 48.5 Å². The molecular weight excluding hydrogens is 426 g/mol. The van der Waals surface area contributed by atoms with Crippen molar-refractivity contribution in [3.05, 3.63) is 96.1 Å². The fourth-order valence-electron chi connectivity index (χ4n) is 3.80. The molecule has 0 radical (unpaired) electrons. The summed E-state index contributed by atoms with van der Waals surface area (Å²) in [6.07, 6.45) is 0.402. The highest BCUT2D eigenvalue weighted by molar-refractivity contribution is 7.91. The van der Waals surface area contributed by atoms with Gasteiger partial charge in [-0.15, -0.1) is 0 Å². The van der Waals surface area contributed by atoms with E-state index in [0.29, 0.717) is 29.0 Å². The number of benzene rings is 3. The SMILES string of the molecule is O=C(c1ccccc1)c1ccc(OCC(=O)N(c2ccccc2)[C@@H]2CCS(=O)(=O)C2)cc1. The van der Waals surface area contributed by atoms with E-state index in [9.17, 15) is 18.0 Å². The molecule has 3 aromatic carbocycles. The van der Waals surface area contributed by atoms with Crippen LogP contribution in [-0.4, -0.2) is 44.3 Å². The first kappa shape index (κ1) is 21.8. The van der Waals surface area contributed by atoms with Crippen LogP contribution in [0, 0.1) is 0 Å². The topological polar surface area (TPSA) is 80.8 Å². The zero-order chi connectivity index (χ0) is 22.6. The Morgan fingerprint density at radius 1 is 0.844 bits per heavy atom. The molecular formula is C25H23NO5S. The Bertz CT molecular complexity index is 1190.